The van der Waals surface area contributed by atoms with Gasteiger partial charge in [0.05, 0.1) is 23.1 Å². The first kappa shape index (κ1) is 23.7. The molecule has 1 fully saturated rings. The van der Waals surface area contributed by atoms with Crippen LogP contribution in [0.15, 0.2) is 60.8 Å². The molecule has 0 atom stereocenters. The zero-order valence-electron chi connectivity index (χ0n) is 19.8. The van der Waals surface area contributed by atoms with Crippen molar-refractivity contribution in [1.82, 2.24) is 19.6 Å². The second-order valence-electron chi connectivity index (χ2n) is 9.00. The number of aromatic nitrogens is 2. The van der Waals surface area contributed by atoms with Gasteiger partial charge in [-0.3, -0.25) is 9.59 Å². The Hall–Kier alpha value is -3.48. The lowest BCUT2D eigenvalue weighted by Crippen LogP contribution is -2.50. The van der Waals surface area contributed by atoms with Gasteiger partial charge in [0.1, 0.15) is 5.82 Å². The summed E-state index contributed by atoms with van der Waals surface area (Å²) in [5, 5.41) is 4.44. The van der Waals surface area contributed by atoms with Gasteiger partial charge in [-0.1, -0.05) is 44.2 Å². The molecule has 1 aliphatic heterocycles. The van der Waals surface area contributed by atoms with Crippen LogP contribution in [-0.4, -0.2) is 57.6 Å². The number of benzene rings is 2. The van der Waals surface area contributed by atoms with Crippen molar-refractivity contribution in [3.8, 4) is 5.69 Å². The predicted octanol–water partition coefficient (Wildman–Crippen LogP) is 4.44. The Labute approximate surface area is 200 Å². The zero-order valence-corrected chi connectivity index (χ0v) is 19.8. The number of hydrogen-bond acceptors (Lipinski definition) is 3. The van der Waals surface area contributed by atoms with Crippen LogP contribution in [-0.2, 0) is 11.2 Å². The highest BCUT2D eigenvalue weighted by atomic mass is 19.1. The molecule has 1 saturated heterocycles. The van der Waals surface area contributed by atoms with E-state index in [0.717, 1.165) is 24.2 Å². The first-order valence-electron chi connectivity index (χ1n) is 11.9. The summed E-state index contributed by atoms with van der Waals surface area (Å²) in [7, 11) is 0. The molecule has 0 spiro atoms. The highest BCUT2D eigenvalue weighted by molar-refractivity contribution is 5.95. The van der Waals surface area contributed by atoms with E-state index < -0.39 is 0 Å². The Morgan fingerprint density at radius 2 is 1.59 bits per heavy atom. The number of amides is 2. The van der Waals surface area contributed by atoms with Crippen molar-refractivity contribution in [3.63, 3.8) is 0 Å². The molecule has 6 nitrogen and oxygen atoms in total. The second-order valence-corrected chi connectivity index (χ2v) is 9.00. The van der Waals surface area contributed by atoms with Gasteiger partial charge in [-0.25, -0.2) is 9.07 Å². The van der Waals surface area contributed by atoms with E-state index in [-0.39, 0.29) is 23.5 Å². The summed E-state index contributed by atoms with van der Waals surface area (Å²) in [6.07, 6.45) is 3.83. The Bertz CT molecular complexity index is 1120. The maximum Gasteiger partial charge on any atom is 0.257 e. The standard InChI is InChI=1S/C27H31FN4O2/c1-20(2)26-24(19-29-32(26)23-13-11-22(28)12-14-23)27(34)31-17-15-30(16-18-31)25(33)10-6-9-21-7-4-3-5-8-21/h3-5,7-8,11-14,19-20H,6,9-10,15-18H2,1-2H3. The molecule has 34 heavy (non-hydrogen) atoms. The van der Waals surface area contributed by atoms with E-state index in [1.54, 1.807) is 27.9 Å². The van der Waals surface area contributed by atoms with Crippen molar-refractivity contribution in [1.29, 1.82) is 0 Å². The van der Waals surface area contributed by atoms with Gasteiger partial charge < -0.3 is 9.80 Å². The Morgan fingerprint density at radius 3 is 2.24 bits per heavy atom. The largest absolute Gasteiger partial charge is 0.339 e. The lowest BCUT2D eigenvalue weighted by molar-refractivity contribution is -0.132. The average Bonchev–Trinajstić information content (AvgIpc) is 3.30. The van der Waals surface area contributed by atoms with Gasteiger partial charge in [0.15, 0.2) is 0 Å². The molecule has 0 radical (unpaired) electrons. The molecule has 3 aromatic rings. The summed E-state index contributed by atoms with van der Waals surface area (Å²) in [6, 6.07) is 16.3. The normalized spacial score (nSPS) is 14.0. The molecule has 7 heteroatoms. The number of nitrogens with zero attached hydrogens (tertiary/aromatic N) is 4. The molecule has 178 valence electrons. The Kier molecular flexibility index (Phi) is 7.40. The predicted molar refractivity (Wildman–Crippen MR) is 129 cm³/mol. The number of piperazine rings is 1. The van der Waals surface area contributed by atoms with Crippen molar-refractivity contribution in [3.05, 3.63) is 83.4 Å². The molecule has 0 saturated carbocycles. The minimum absolute atomic E-state index is 0.0546. The molecule has 2 amide bonds. The molecule has 1 aromatic heterocycles. The molecule has 0 unspecified atom stereocenters. The van der Waals surface area contributed by atoms with Gasteiger partial charge in [0, 0.05) is 32.6 Å². The first-order chi connectivity index (χ1) is 16.4. The third kappa shape index (κ3) is 5.35. The summed E-state index contributed by atoms with van der Waals surface area (Å²) in [5.74, 6) is -0.187. The highest BCUT2D eigenvalue weighted by Gasteiger charge is 2.28. The average molecular weight is 463 g/mol. The minimum atomic E-state index is -0.314. The van der Waals surface area contributed by atoms with Gasteiger partial charge in [-0.15, -0.1) is 0 Å². The van der Waals surface area contributed by atoms with Crippen molar-refractivity contribution >= 4 is 11.8 Å². The summed E-state index contributed by atoms with van der Waals surface area (Å²) >= 11 is 0. The van der Waals surface area contributed by atoms with Crippen LogP contribution in [0.25, 0.3) is 5.69 Å². The van der Waals surface area contributed by atoms with Crippen LogP contribution in [0.1, 0.15) is 54.2 Å². The van der Waals surface area contributed by atoms with Crippen molar-refractivity contribution in [2.24, 2.45) is 0 Å². The Balaban J connectivity index is 1.36. The lowest BCUT2D eigenvalue weighted by atomic mass is 10.0. The Morgan fingerprint density at radius 1 is 0.941 bits per heavy atom. The third-order valence-corrected chi connectivity index (χ3v) is 6.27. The third-order valence-electron chi connectivity index (χ3n) is 6.27. The minimum Gasteiger partial charge on any atom is -0.339 e. The van der Waals surface area contributed by atoms with Crippen LogP contribution in [0.5, 0.6) is 0 Å². The van der Waals surface area contributed by atoms with Crippen LogP contribution in [0.2, 0.25) is 0 Å². The van der Waals surface area contributed by atoms with Gasteiger partial charge in [0.2, 0.25) is 5.91 Å². The van der Waals surface area contributed by atoms with Crippen molar-refractivity contribution in [2.45, 2.75) is 39.0 Å². The van der Waals surface area contributed by atoms with Gasteiger partial charge >= 0.3 is 0 Å². The van der Waals surface area contributed by atoms with Crippen LogP contribution in [0, 0.1) is 5.82 Å². The van der Waals surface area contributed by atoms with Crippen molar-refractivity contribution < 1.29 is 14.0 Å². The second kappa shape index (κ2) is 10.6. The van der Waals surface area contributed by atoms with E-state index >= 15 is 0 Å². The van der Waals surface area contributed by atoms with Gasteiger partial charge in [-0.05, 0) is 48.6 Å². The quantitative estimate of drug-likeness (QED) is 0.522. The number of rotatable bonds is 7. The smallest absolute Gasteiger partial charge is 0.257 e. The van der Waals surface area contributed by atoms with E-state index in [4.69, 9.17) is 0 Å². The summed E-state index contributed by atoms with van der Waals surface area (Å²) in [4.78, 5) is 29.6. The maximum atomic E-state index is 13.4. The van der Waals surface area contributed by atoms with E-state index in [1.165, 1.54) is 17.7 Å². The van der Waals surface area contributed by atoms with E-state index in [9.17, 15) is 14.0 Å². The van der Waals surface area contributed by atoms with E-state index in [0.29, 0.717) is 38.2 Å². The fraction of sp³-hybridized carbons (Fsp3) is 0.370. The molecular weight excluding hydrogens is 431 g/mol. The molecule has 0 aliphatic carbocycles. The molecule has 0 bridgehead atoms. The fourth-order valence-corrected chi connectivity index (χ4v) is 4.44. The molecule has 4 rings (SSSR count). The van der Waals surface area contributed by atoms with Crippen LogP contribution < -0.4 is 0 Å². The number of carbonyl (C=O) groups excluding carboxylic acids is 2. The van der Waals surface area contributed by atoms with Crippen LogP contribution in [0.3, 0.4) is 0 Å². The van der Waals surface area contributed by atoms with E-state index in [2.05, 4.69) is 17.2 Å². The number of hydrogen-bond donors (Lipinski definition) is 0. The summed E-state index contributed by atoms with van der Waals surface area (Å²) < 4.78 is 15.1. The molecular formula is C27H31FN4O2. The maximum absolute atomic E-state index is 13.4. The number of aryl methyl sites for hydroxylation is 1. The number of carbonyl (C=O) groups is 2. The fourth-order valence-electron chi connectivity index (χ4n) is 4.44. The number of halogens is 1. The molecule has 0 N–H and O–H groups in total. The first-order valence-corrected chi connectivity index (χ1v) is 11.9. The SMILES string of the molecule is CC(C)c1c(C(=O)N2CCN(C(=O)CCCc3ccccc3)CC2)cnn1-c1ccc(F)cc1. The van der Waals surface area contributed by atoms with Crippen molar-refractivity contribution in [2.75, 3.05) is 26.2 Å². The summed E-state index contributed by atoms with van der Waals surface area (Å²) in [6.45, 7) is 6.11. The molecule has 2 aromatic carbocycles. The summed E-state index contributed by atoms with van der Waals surface area (Å²) in [5.41, 5.74) is 3.32. The monoisotopic (exact) mass is 462 g/mol. The van der Waals surface area contributed by atoms with E-state index in [1.807, 2.05) is 36.9 Å². The highest BCUT2D eigenvalue weighted by Crippen LogP contribution is 2.25. The van der Waals surface area contributed by atoms with Crippen LogP contribution >= 0.6 is 0 Å². The van der Waals surface area contributed by atoms with Crippen LogP contribution in [0.4, 0.5) is 4.39 Å². The van der Waals surface area contributed by atoms with Gasteiger partial charge in [0.25, 0.3) is 5.91 Å². The van der Waals surface area contributed by atoms with Gasteiger partial charge in [-0.2, -0.15) is 5.10 Å². The lowest BCUT2D eigenvalue weighted by Gasteiger charge is -2.35. The topological polar surface area (TPSA) is 58.4 Å². The molecule has 1 aliphatic rings. The zero-order chi connectivity index (χ0) is 24.1. The molecule has 2 heterocycles.